The van der Waals surface area contributed by atoms with E-state index in [9.17, 15) is 19.7 Å². The number of esters is 1. The smallest absolute Gasteiger partial charge is 0.328 e. The van der Waals surface area contributed by atoms with E-state index in [1.807, 2.05) is 0 Å². The minimum atomic E-state index is -0.641. The maximum atomic E-state index is 12.6. The quantitative estimate of drug-likeness (QED) is 0.465. The lowest BCUT2D eigenvalue weighted by Gasteiger charge is -2.22. The number of hydrogen-bond donors (Lipinski definition) is 0. The molecule has 0 radical (unpaired) electrons. The molecular formula is C15H18N2O6. The highest BCUT2D eigenvalue weighted by Gasteiger charge is 2.35. The summed E-state index contributed by atoms with van der Waals surface area (Å²) in [6.07, 6.45) is 1.21. The Balaban J connectivity index is 2.30. The van der Waals surface area contributed by atoms with E-state index < -0.39 is 22.8 Å². The van der Waals surface area contributed by atoms with Crippen molar-refractivity contribution in [1.82, 2.24) is 4.90 Å². The van der Waals surface area contributed by atoms with Crippen LogP contribution in [0.2, 0.25) is 0 Å². The van der Waals surface area contributed by atoms with E-state index in [1.165, 1.54) is 30.2 Å². The third-order valence-corrected chi connectivity index (χ3v) is 3.69. The molecule has 1 aromatic rings. The van der Waals surface area contributed by atoms with Crippen LogP contribution in [0.1, 0.15) is 30.1 Å². The van der Waals surface area contributed by atoms with E-state index in [2.05, 4.69) is 0 Å². The Morgan fingerprint density at radius 1 is 1.43 bits per heavy atom. The van der Waals surface area contributed by atoms with E-state index in [0.717, 1.165) is 0 Å². The molecule has 1 atom stereocenters. The van der Waals surface area contributed by atoms with Gasteiger partial charge in [-0.3, -0.25) is 14.9 Å². The molecule has 1 saturated heterocycles. The van der Waals surface area contributed by atoms with Crippen LogP contribution < -0.4 is 4.74 Å². The summed E-state index contributed by atoms with van der Waals surface area (Å²) >= 11 is 0. The van der Waals surface area contributed by atoms with Gasteiger partial charge in [-0.25, -0.2) is 4.79 Å². The number of hydrogen-bond acceptors (Lipinski definition) is 6. The average Bonchev–Trinajstić information content (AvgIpc) is 3.03. The van der Waals surface area contributed by atoms with Crippen LogP contribution in [-0.2, 0) is 9.53 Å². The van der Waals surface area contributed by atoms with Crippen molar-refractivity contribution in [3.05, 3.63) is 33.9 Å². The highest BCUT2D eigenvalue weighted by atomic mass is 16.6. The number of carbonyl (C=O) groups excluding carboxylic acids is 2. The summed E-state index contributed by atoms with van der Waals surface area (Å²) in [7, 11) is 1.27. The van der Waals surface area contributed by atoms with Crippen molar-refractivity contribution >= 4 is 17.6 Å². The second-order valence-electron chi connectivity index (χ2n) is 5.05. The van der Waals surface area contributed by atoms with Crippen molar-refractivity contribution in [3.63, 3.8) is 0 Å². The zero-order valence-corrected chi connectivity index (χ0v) is 13.0. The fraction of sp³-hybridized carbons (Fsp3) is 0.467. The van der Waals surface area contributed by atoms with Crippen LogP contribution in [0.25, 0.3) is 0 Å². The van der Waals surface area contributed by atoms with Gasteiger partial charge in [0.05, 0.1) is 18.6 Å². The zero-order valence-electron chi connectivity index (χ0n) is 13.0. The number of nitrogens with zero attached hydrogens (tertiary/aromatic N) is 2. The fourth-order valence-corrected chi connectivity index (χ4v) is 2.63. The van der Waals surface area contributed by atoms with E-state index in [0.29, 0.717) is 19.4 Å². The predicted octanol–water partition coefficient (Wildman–Crippen LogP) is 1.77. The number of benzene rings is 1. The normalized spacial score (nSPS) is 17.0. The molecule has 23 heavy (non-hydrogen) atoms. The second kappa shape index (κ2) is 7.08. The van der Waals surface area contributed by atoms with Gasteiger partial charge in [-0.1, -0.05) is 0 Å². The molecule has 1 aliphatic rings. The summed E-state index contributed by atoms with van der Waals surface area (Å²) in [4.78, 5) is 36.2. The van der Waals surface area contributed by atoms with Crippen LogP contribution in [0.3, 0.4) is 0 Å². The Labute approximate surface area is 133 Å². The SMILES string of the molecule is CCOc1ccc(C(=O)N2CCCC2C(=O)OC)cc1[N+](=O)[O-]. The predicted molar refractivity (Wildman–Crippen MR) is 80.3 cm³/mol. The van der Waals surface area contributed by atoms with E-state index in [-0.39, 0.29) is 23.6 Å². The van der Waals surface area contributed by atoms with Crippen molar-refractivity contribution < 1.29 is 24.0 Å². The highest BCUT2D eigenvalue weighted by molar-refractivity contribution is 5.98. The molecule has 0 N–H and O–H groups in total. The average molecular weight is 322 g/mol. The molecule has 1 unspecified atom stereocenters. The molecule has 8 heteroatoms. The Morgan fingerprint density at radius 3 is 2.78 bits per heavy atom. The lowest BCUT2D eigenvalue weighted by molar-refractivity contribution is -0.385. The van der Waals surface area contributed by atoms with Gasteiger partial charge < -0.3 is 14.4 Å². The van der Waals surface area contributed by atoms with Crippen LogP contribution in [0, 0.1) is 10.1 Å². The molecule has 124 valence electrons. The molecule has 1 heterocycles. The fourth-order valence-electron chi connectivity index (χ4n) is 2.63. The number of methoxy groups -OCH3 is 1. The van der Waals surface area contributed by atoms with E-state index >= 15 is 0 Å². The highest BCUT2D eigenvalue weighted by Crippen LogP contribution is 2.29. The lowest BCUT2D eigenvalue weighted by Crippen LogP contribution is -2.41. The summed E-state index contributed by atoms with van der Waals surface area (Å²) in [6.45, 7) is 2.41. The van der Waals surface area contributed by atoms with Gasteiger partial charge in [0.25, 0.3) is 5.91 Å². The molecule has 8 nitrogen and oxygen atoms in total. The molecule has 1 aromatic carbocycles. The summed E-state index contributed by atoms with van der Waals surface area (Å²) < 4.78 is 9.90. The Bertz CT molecular complexity index is 630. The summed E-state index contributed by atoms with van der Waals surface area (Å²) in [5.74, 6) is -0.791. The van der Waals surface area contributed by atoms with Gasteiger partial charge in [-0.05, 0) is 31.9 Å². The first kappa shape index (κ1) is 16.7. The third-order valence-electron chi connectivity index (χ3n) is 3.69. The van der Waals surface area contributed by atoms with Crippen molar-refractivity contribution in [1.29, 1.82) is 0 Å². The lowest BCUT2D eigenvalue weighted by atomic mass is 10.1. The molecule has 0 bridgehead atoms. The van der Waals surface area contributed by atoms with Crippen molar-refractivity contribution in [3.8, 4) is 5.75 Å². The molecule has 1 amide bonds. The van der Waals surface area contributed by atoms with Crippen molar-refractivity contribution in [2.45, 2.75) is 25.8 Å². The summed E-state index contributed by atoms with van der Waals surface area (Å²) in [5.41, 5.74) is -0.123. The number of amides is 1. The number of ether oxygens (including phenoxy) is 2. The van der Waals surface area contributed by atoms with Crippen LogP contribution in [0.4, 0.5) is 5.69 Å². The molecular weight excluding hydrogens is 304 g/mol. The number of likely N-dealkylation sites (tertiary alicyclic amines) is 1. The Morgan fingerprint density at radius 2 is 2.17 bits per heavy atom. The van der Waals surface area contributed by atoms with Gasteiger partial charge in [0.15, 0.2) is 5.75 Å². The minimum absolute atomic E-state index is 0.111. The van der Waals surface area contributed by atoms with Crippen molar-refractivity contribution in [2.75, 3.05) is 20.3 Å². The van der Waals surface area contributed by atoms with E-state index in [4.69, 9.17) is 9.47 Å². The molecule has 2 rings (SSSR count). The summed E-state index contributed by atoms with van der Waals surface area (Å²) in [5, 5.41) is 11.1. The minimum Gasteiger partial charge on any atom is -0.487 e. The molecule has 0 spiro atoms. The number of rotatable bonds is 5. The third kappa shape index (κ3) is 3.41. The molecule has 1 aliphatic heterocycles. The first-order valence-electron chi connectivity index (χ1n) is 7.29. The monoisotopic (exact) mass is 322 g/mol. The molecule has 1 fully saturated rings. The first-order valence-corrected chi connectivity index (χ1v) is 7.29. The number of carbonyl (C=O) groups is 2. The zero-order chi connectivity index (χ0) is 17.0. The van der Waals surface area contributed by atoms with Gasteiger partial charge in [0, 0.05) is 18.2 Å². The van der Waals surface area contributed by atoms with Crippen molar-refractivity contribution in [2.24, 2.45) is 0 Å². The molecule has 0 aliphatic carbocycles. The van der Waals surface area contributed by atoms with Gasteiger partial charge in [-0.15, -0.1) is 0 Å². The van der Waals surface area contributed by atoms with Gasteiger partial charge in [0.1, 0.15) is 6.04 Å². The van der Waals surface area contributed by atoms with Gasteiger partial charge >= 0.3 is 11.7 Å². The van der Waals surface area contributed by atoms with E-state index in [1.54, 1.807) is 6.92 Å². The van der Waals surface area contributed by atoms with Gasteiger partial charge in [0.2, 0.25) is 0 Å². The molecule has 0 saturated carbocycles. The van der Waals surface area contributed by atoms with Crippen LogP contribution in [-0.4, -0.2) is 48.0 Å². The first-order chi connectivity index (χ1) is 11.0. The largest absolute Gasteiger partial charge is 0.487 e. The number of nitro benzene ring substituents is 1. The van der Waals surface area contributed by atoms with Gasteiger partial charge in [-0.2, -0.15) is 0 Å². The Kier molecular flexibility index (Phi) is 5.15. The maximum Gasteiger partial charge on any atom is 0.328 e. The van der Waals surface area contributed by atoms with Crippen LogP contribution in [0.15, 0.2) is 18.2 Å². The van der Waals surface area contributed by atoms with Crippen LogP contribution >= 0.6 is 0 Å². The number of nitro groups is 1. The van der Waals surface area contributed by atoms with Crippen LogP contribution in [0.5, 0.6) is 5.75 Å². The second-order valence-corrected chi connectivity index (χ2v) is 5.05. The topological polar surface area (TPSA) is 99.0 Å². The summed E-state index contributed by atoms with van der Waals surface area (Å²) in [6, 6.07) is 3.41. The standard InChI is InChI=1S/C15H18N2O6/c1-3-23-13-7-6-10(9-12(13)17(20)21)14(18)16-8-4-5-11(16)15(19)22-2/h6-7,9,11H,3-5,8H2,1-2H3. The molecule has 0 aromatic heterocycles. The maximum absolute atomic E-state index is 12.6. The Hall–Kier alpha value is -2.64.